The number of benzene rings is 1. The van der Waals surface area contributed by atoms with E-state index in [0.717, 1.165) is 12.0 Å². The summed E-state index contributed by atoms with van der Waals surface area (Å²) < 4.78 is 23.1. The predicted molar refractivity (Wildman–Crippen MR) is 79.8 cm³/mol. The summed E-state index contributed by atoms with van der Waals surface area (Å²) >= 11 is 12.0. The molecule has 0 aromatic heterocycles. The fraction of sp³-hybridized carbons (Fsp3) is 0.538. The topological polar surface area (TPSA) is 46.2 Å². The first-order chi connectivity index (χ1) is 8.91. The van der Waals surface area contributed by atoms with Gasteiger partial charge in [-0.15, -0.1) is 0 Å². The van der Waals surface area contributed by atoms with Gasteiger partial charge < -0.3 is 5.32 Å². The van der Waals surface area contributed by atoms with E-state index in [0.29, 0.717) is 22.2 Å². The minimum Gasteiger partial charge on any atom is -0.316 e. The fourth-order valence-electron chi connectivity index (χ4n) is 2.57. The van der Waals surface area contributed by atoms with Crippen LogP contribution in [0.25, 0.3) is 0 Å². The van der Waals surface area contributed by atoms with Gasteiger partial charge in [0.05, 0.1) is 11.5 Å². The van der Waals surface area contributed by atoms with Crippen molar-refractivity contribution >= 4 is 33.0 Å². The summed E-state index contributed by atoms with van der Waals surface area (Å²) in [6, 6.07) is 5.55. The Morgan fingerprint density at radius 2 is 2.16 bits per heavy atom. The highest BCUT2D eigenvalue weighted by molar-refractivity contribution is 7.91. The van der Waals surface area contributed by atoms with Crippen LogP contribution in [-0.4, -0.2) is 33.0 Å². The molecule has 106 valence electrons. The van der Waals surface area contributed by atoms with Gasteiger partial charge in [0.1, 0.15) is 0 Å². The Balaban J connectivity index is 2.11. The Kier molecular flexibility index (Phi) is 4.77. The van der Waals surface area contributed by atoms with Crippen LogP contribution in [0.2, 0.25) is 10.0 Å². The van der Waals surface area contributed by atoms with Crippen LogP contribution in [0.15, 0.2) is 18.2 Å². The number of nitrogens with one attached hydrogen (secondary N) is 1. The second-order valence-corrected chi connectivity index (χ2v) is 8.07. The summed E-state index contributed by atoms with van der Waals surface area (Å²) in [4.78, 5) is 0. The normalized spacial score (nSPS) is 23.4. The second kappa shape index (κ2) is 6.00. The van der Waals surface area contributed by atoms with Crippen molar-refractivity contribution in [3.05, 3.63) is 33.8 Å². The zero-order valence-electron chi connectivity index (χ0n) is 10.7. The molecule has 2 atom stereocenters. The van der Waals surface area contributed by atoms with E-state index in [4.69, 9.17) is 23.2 Å². The van der Waals surface area contributed by atoms with Gasteiger partial charge in [-0.05, 0) is 43.5 Å². The maximum Gasteiger partial charge on any atom is 0.150 e. The van der Waals surface area contributed by atoms with E-state index < -0.39 is 9.84 Å². The first-order valence-electron chi connectivity index (χ1n) is 6.23. The highest BCUT2D eigenvalue weighted by Crippen LogP contribution is 2.27. The van der Waals surface area contributed by atoms with E-state index in [1.165, 1.54) is 0 Å². The van der Waals surface area contributed by atoms with Gasteiger partial charge in [0.25, 0.3) is 0 Å². The summed E-state index contributed by atoms with van der Waals surface area (Å²) in [6.45, 7) is 0. The molecule has 1 aliphatic heterocycles. The molecule has 1 aliphatic rings. The SMILES string of the molecule is CNC(Cc1ccc(Cl)cc1Cl)C1CCS(=O)(=O)C1. The molecule has 0 aliphatic carbocycles. The van der Waals surface area contributed by atoms with Crippen molar-refractivity contribution in [2.24, 2.45) is 5.92 Å². The lowest BCUT2D eigenvalue weighted by Gasteiger charge is -2.22. The van der Waals surface area contributed by atoms with Crippen LogP contribution in [0, 0.1) is 5.92 Å². The molecule has 6 heteroatoms. The van der Waals surface area contributed by atoms with Gasteiger partial charge in [0.2, 0.25) is 0 Å². The summed E-state index contributed by atoms with van der Waals surface area (Å²) in [6.07, 6.45) is 1.44. The summed E-state index contributed by atoms with van der Waals surface area (Å²) in [5, 5.41) is 4.46. The van der Waals surface area contributed by atoms with E-state index in [1.54, 1.807) is 12.1 Å². The zero-order chi connectivity index (χ0) is 14.0. The Bertz CT molecular complexity index is 560. The van der Waals surface area contributed by atoms with E-state index in [2.05, 4.69) is 5.32 Å². The Hall–Kier alpha value is -0.290. The van der Waals surface area contributed by atoms with Gasteiger partial charge in [0.15, 0.2) is 9.84 Å². The van der Waals surface area contributed by atoms with Crippen molar-refractivity contribution < 1.29 is 8.42 Å². The quantitative estimate of drug-likeness (QED) is 0.927. The van der Waals surface area contributed by atoms with Crippen LogP contribution in [0.5, 0.6) is 0 Å². The molecule has 0 radical (unpaired) electrons. The first-order valence-corrected chi connectivity index (χ1v) is 8.80. The van der Waals surface area contributed by atoms with E-state index in [9.17, 15) is 8.42 Å². The molecule has 2 rings (SSSR count). The average Bonchev–Trinajstić information content (AvgIpc) is 2.69. The summed E-state index contributed by atoms with van der Waals surface area (Å²) in [5.74, 6) is 0.718. The molecule has 1 aromatic rings. The van der Waals surface area contributed by atoms with Crippen molar-refractivity contribution in [3.8, 4) is 0 Å². The maximum atomic E-state index is 11.6. The first kappa shape index (κ1) is 15.1. The van der Waals surface area contributed by atoms with Crippen LogP contribution < -0.4 is 5.32 Å². The lowest BCUT2D eigenvalue weighted by atomic mass is 9.93. The lowest BCUT2D eigenvalue weighted by molar-refractivity contribution is 0.403. The average molecular weight is 322 g/mol. The van der Waals surface area contributed by atoms with Crippen LogP contribution in [0.1, 0.15) is 12.0 Å². The third-order valence-corrected chi connectivity index (χ3v) is 6.04. The number of rotatable bonds is 4. The molecule has 1 N–H and O–H groups in total. The lowest BCUT2D eigenvalue weighted by Crippen LogP contribution is -2.36. The summed E-state index contributed by atoms with van der Waals surface area (Å²) in [5.41, 5.74) is 0.995. The van der Waals surface area contributed by atoms with Crippen LogP contribution in [0.3, 0.4) is 0 Å². The highest BCUT2D eigenvalue weighted by atomic mass is 35.5. The smallest absolute Gasteiger partial charge is 0.150 e. The molecule has 1 heterocycles. The largest absolute Gasteiger partial charge is 0.316 e. The minimum atomic E-state index is -2.85. The van der Waals surface area contributed by atoms with Gasteiger partial charge in [-0.3, -0.25) is 0 Å². The molecule has 0 saturated carbocycles. The minimum absolute atomic E-state index is 0.121. The molecule has 0 bridgehead atoms. The zero-order valence-corrected chi connectivity index (χ0v) is 13.0. The van der Waals surface area contributed by atoms with Gasteiger partial charge in [-0.2, -0.15) is 0 Å². The predicted octanol–water partition coefficient (Wildman–Crippen LogP) is 2.56. The Labute approximate surface area is 124 Å². The van der Waals surface area contributed by atoms with Crippen molar-refractivity contribution in [1.82, 2.24) is 5.32 Å². The van der Waals surface area contributed by atoms with Crippen molar-refractivity contribution in [1.29, 1.82) is 0 Å². The third kappa shape index (κ3) is 3.85. The number of likely N-dealkylation sites (N-methyl/N-ethyl adjacent to an activating group) is 1. The molecule has 0 amide bonds. The number of halogens is 2. The molecule has 3 nitrogen and oxygen atoms in total. The summed E-state index contributed by atoms with van der Waals surface area (Å²) in [7, 11) is -0.993. The monoisotopic (exact) mass is 321 g/mol. The van der Waals surface area contributed by atoms with Crippen molar-refractivity contribution in [3.63, 3.8) is 0 Å². The van der Waals surface area contributed by atoms with Crippen LogP contribution in [0.4, 0.5) is 0 Å². The van der Waals surface area contributed by atoms with Gasteiger partial charge in [0, 0.05) is 16.1 Å². The third-order valence-electron chi connectivity index (χ3n) is 3.66. The van der Waals surface area contributed by atoms with E-state index >= 15 is 0 Å². The maximum absolute atomic E-state index is 11.6. The fourth-order valence-corrected chi connectivity index (χ4v) is 4.94. The molecule has 19 heavy (non-hydrogen) atoms. The second-order valence-electron chi connectivity index (χ2n) is 5.00. The molecule has 0 spiro atoms. The van der Waals surface area contributed by atoms with Gasteiger partial charge in [-0.1, -0.05) is 29.3 Å². The van der Waals surface area contributed by atoms with Crippen molar-refractivity contribution in [2.75, 3.05) is 18.6 Å². The van der Waals surface area contributed by atoms with Crippen molar-refractivity contribution in [2.45, 2.75) is 18.9 Å². The molecule has 1 aromatic carbocycles. The number of sulfone groups is 1. The number of hydrogen-bond acceptors (Lipinski definition) is 3. The molecule has 1 fully saturated rings. The Morgan fingerprint density at radius 1 is 1.42 bits per heavy atom. The molecular formula is C13H17Cl2NO2S. The van der Waals surface area contributed by atoms with Gasteiger partial charge in [-0.25, -0.2) is 8.42 Å². The molecular weight excluding hydrogens is 305 g/mol. The van der Waals surface area contributed by atoms with E-state index in [-0.39, 0.29) is 17.7 Å². The van der Waals surface area contributed by atoms with Crippen LogP contribution in [-0.2, 0) is 16.3 Å². The highest BCUT2D eigenvalue weighted by Gasteiger charge is 2.33. The molecule has 2 unspecified atom stereocenters. The Morgan fingerprint density at radius 3 is 2.68 bits per heavy atom. The number of hydrogen-bond donors (Lipinski definition) is 1. The molecule has 1 saturated heterocycles. The van der Waals surface area contributed by atoms with Gasteiger partial charge >= 0.3 is 0 Å². The van der Waals surface area contributed by atoms with Crippen LogP contribution >= 0.6 is 23.2 Å². The van der Waals surface area contributed by atoms with E-state index in [1.807, 2.05) is 13.1 Å². The standard InChI is InChI=1S/C13H17Cl2NO2S/c1-16-13(10-4-5-19(17,18)8-10)6-9-2-3-11(14)7-12(9)15/h2-3,7,10,13,16H,4-6,8H2,1H3.